The summed E-state index contributed by atoms with van der Waals surface area (Å²) in [5, 5.41) is 14.9. The number of nitrogens with one attached hydrogen (secondary N) is 1. The average molecular weight is 311 g/mol. The highest BCUT2D eigenvalue weighted by atomic mass is 32.1. The van der Waals surface area contributed by atoms with Gasteiger partial charge in [0.15, 0.2) is 0 Å². The molecular formula is C14H21N3O3S. The molecule has 1 fully saturated rings. The first kappa shape index (κ1) is 15.8. The van der Waals surface area contributed by atoms with Gasteiger partial charge in [-0.1, -0.05) is 12.8 Å². The van der Waals surface area contributed by atoms with E-state index in [-0.39, 0.29) is 12.1 Å². The summed E-state index contributed by atoms with van der Waals surface area (Å²) in [4.78, 5) is 29.5. The predicted octanol–water partition coefficient (Wildman–Crippen LogP) is 2.55. The fourth-order valence-electron chi connectivity index (χ4n) is 2.51. The number of amides is 2. The number of carboxylic acids is 1. The number of aliphatic carboxylic acids is 1. The number of carbonyl (C=O) groups is 2. The third-order valence-corrected chi connectivity index (χ3v) is 4.79. The molecule has 0 bridgehead atoms. The number of urea groups is 1. The SMILES string of the molecule is Cc1csc(C(C)NC(=O)N2CCCCCC2C(=O)O)n1. The lowest BCUT2D eigenvalue weighted by Crippen LogP contribution is -2.49. The molecule has 0 aliphatic carbocycles. The lowest BCUT2D eigenvalue weighted by molar-refractivity contribution is -0.142. The molecule has 0 spiro atoms. The van der Waals surface area contributed by atoms with Gasteiger partial charge in [-0.15, -0.1) is 11.3 Å². The second-order valence-corrected chi connectivity index (χ2v) is 6.28. The van der Waals surface area contributed by atoms with Crippen LogP contribution in [0, 0.1) is 6.92 Å². The Hall–Kier alpha value is -1.63. The molecule has 1 aromatic rings. The summed E-state index contributed by atoms with van der Waals surface area (Å²) in [5.74, 6) is -0.926. The molecule has 1 aromatic heterocycles. The predicted molar refractivity (Wildman–Crippen MR) is 80.4 cm³/mol. The Morgan fingerprint density at radius 1 is 1.48 bits per heavy atom. The van der Waals surface area contributed by atoms with Crippen LogP contribution >= 0.6 is 11.3 Å². The maximum absolute atomic E-state index is 12.4. The molecule has 2 N–H and O–H groups in total. The van der Waals surface area contributed by atoms with E-state index in [2.05, 4.69) is 10.3 Å². The van der Waals surface area contributed by atoms with E-state index < -0.39 is 12.0 Å². The monoisotopic (exact) mass is 311 g/mol. The Balaban J connectivity index is 2.04. The van der Waals surface area contributed by atoms with Crippen LogP contribution in [0.4, 0.5) is 4.79 Å². The molecule has 2 heterocycles. The molecule has 2 amide bonds. The van der Waals surface area contributed by atoms with Gasteiger partial charge in [-0.3, -0.25) is 0 Å². The zero-order valence-corrected chi connectivity index (χ0v) is 13.2. The summed E-state index contributed by atoms with van der Waals surface area (Å²) in [7, 11) is 0. The van der Waals surface area contributed by atoms with Crippen LogP contribution in [0.3, 0.4) is 0 Å². The van der Waals surface area contributed by atoms with Crippen molar-refractivity contribution < 1.29 is 14.7 Å². The van der Waals surface area contributed by atoms with Gasteiger partial charge in [-0.2, -0.15) is 0 Å². The third-order valence-electron chi connectivity index (χ3n) is 3.65. The second kappa shape index (κ2) is 6.89. The lowest BCUT2D eigenvalue weighted by Gasteiger charge is -2.28. The lowest BCUT2D eigenvalue weighted by atomic mass is 10.1. The molecule has 2 atom stereocenters. The minimum absolute atomic E-state index is 0.214. The molecule has 1 aliphatic rings. The van der Waals surface area contributed by atoms with Crippen molar-refractivity contribution in [3.8, 4) is 0 Å². The summed E-state index contributed by atoms with van der Waals surface area (Å²) in [6.45, 7) is 4.26. The van der Waals surface area contributed by atoms with Crippen LogP contribution in [0.5, 0.6) is 0 Å². The van der Waals surface area contributed by atoms with E-state index in [0.29, 0.717) is 13.0 Å². The average Bonchev–Trinajstić information content (AvgIpc) is 2.72. The van der Waals surface area contributed by atoms with Crippen molar-refractivity contribution in [3.05, 3.63) is 16.1 Å². The fourth-order valence-corrected chi connectivity index (χ4v) is 3.31. The van der Waals surface area contributed by atoms with E-state index in [1.54, 1.807) is 0 Å². The Morgan fingerprint density at radius 3 is 2.86 bits per heavy atom. The third kappa shape index (κ3) is 3.93. The van der Waals surface area contributed by atoms with Crippen molar-refractivity contribution >= 4 is 23.3 Å². The van der Waals surface area contributed by atoms with Crippen molar-refractivity contribution in [1.82, 2.24) is 15.2 Å². The molecule has 6 nitrogen and oxygen atoms in total. The first-order valence-corrected chi connectivity index (χ1v) is 8.09. The van der Waals surface area contributed by atoms with Gasteiger partial charge in [0.1, 0.15) is 11.0 Å². The largest absolute Gasteiger partial charge is 0.480 e. The highest BCUT2D eigenvalue weighted by Crippen LogP contribution is 2.20. The number of carboxylic acid groups (broad SMARTS) is 1. The molecule has 2 unspecified atom stereocenters. The Bertz CT molecular complexity index is 517. The van der Waals surface area contributed by atoms with Crippen LogP contribution in [0.15, 0.2) is 5.38 Å². The van der Waals surface area contributed by atoms with Gasteiger partial charge < -0.3 is 15.3 Å². The summed E-state index contributed by atoms with van der Waals surface area (Å²) < 4.78 is 0. The summed E-state index contributed by atoms with van der Waals surface area (Å²) >= 11 is 1.50. The van der Waals surface area contributed by atoms with Gasteiger partial charge in [0, 0.05) is 17.6 Å². The molecule has 116 valence electrons. The van der Waals surface area contributed by atoms with Crippen molar-refractivity contribution in [2.75, 3.05) is 6.54 Å². The van der Waals surface area contributed by atoms with E-state index in [9.17, 15) is 14.7 Å². The molecular weight excluding hydrogens is 290 g/mol. The van der Waals surface area contributed by atoms with Gasteiger partial charge >= 0.3 is 12.0 Å². The Morgan fingerprint density at radius 2 is 2.24 bits per heavy atom. The van der Waals surface area contributed by atoms with Crippen LogP contribution in [0.1, 0.15) is 49.4 Å². The van der Waals surface area contributed by atoms with E-state index in [1.807, 2.05) is 19.2 Å². The summed E-state index contributed by atoms with van der Waals surface area (Å²) in [6, 6.07) is -1.25. The normalized spacial score (nSPS) is 20.7. The van der Waals surface area contributed by atoms with Crippen molar-refractivity contribution in [3.63, 3.8) is 0 Å². The number of thiazole rings is 1. The highest BCUT2D eigenvalue weighted by Gasteiger charge is 2.31. The fraction of sp³-hybridized carbons (Fsp3) is 0.643. The maximum Gasteiger partial charge on any atom is 0.326 e. The van der Waals surface area contributed by atoms with Crippen LogP contribution in [0.25, 0.3) is 0 Å². The second-order valence-electron chi connectivity index (χ2n) is 5.40. The zero-order valence-electron chi connectivity index (χ0n) is 12.3. The number of aryl methyl sites for hydroxylation is 1. The number of aromatic nitrogens is 1. The van der Waals surface area contributed by atoms with Gasteiger partial charge in [0.2, 0.25) is 0 Å². The Kier molecular flexibility index (Phi) is 5.17. The first-order chi connectivity index (χ1) is 9.99. The van der Waals surface area contributed by atoms with Crippen LogP contribution < -0.4 is 5.32 Å². The van der Waals surface area contributed by atoms with Gasteiger partial charge in [0.25, 0.3) is 0 Å². The zero-order chi connectivity index (χ0) is 15.4. The number of rotatable bonds is 3. The molecule has 2 rings (SSSR count). The summed E-state index contributed by atoms with van der Waals surface area (Å²) in [6.07, 6.45) is 3.19. The van der Waals surface area contributed by atoms with E-state index >= 15 is 0 Å². The van der Waals surface area contributed by atoms with Gasteiger partial charge in [-0.25, -0.2) is 14.6 Å². The van der Waals surface area contributed by atoms with Crippen molar-refractivity contribution in [2.45, 2.75) is 51.6 Å². The molecule has 21 heavy (non-hydrogen) atoms. The Labute approximate surface area is 128 Å². The molecule has 7 heteroatoms. The summed E-state index contributed by atoms with van der Waals surface area (Å²) in [5.41, 5.74) is 0.925. The standard InChI is InChI=1S/C14H21N3O3S/c1-9-8-21-12(15-9)10(2)16-14(20)17-7-5-3-4-6-11(17)13(18)19/h8,10-11H,3-7H2,1-2H3,(H,16,20)(H,18,19). The number of hydrogen-bond donors (Lipinski definition) is 2. The maximum atomic E-state index is 12.4. The topological polar surface area (TPSA) is 82.5 Å². The quantitative estimate of drug-likeness (QED) is 0.898. The number of hydrogen-bond acceptors (Lipinski definition) is 4. The number of nitrogens with zero attached hydrogens (tertiary/aromatic N) is 2. The smallest absolute Gasteiger partial charge is 0.326 e. The number of carbonyl (C=O) groups excluding carboxylic acids is 1. The molecule has 1 aliphatic heterocycles. The van der Waals surface area contributed by atoms with E-state index in [0.717, 1.165) is 30.0 Å². The first-order valence-electron chi connectivity index (χ1n) is 7.21. The highest BCUT2D eigenvalue weighted by molar-refractivity contribution is 7.09. The van der Waals surface area contributed by atoms with E-state index in [1.165, 1.54) is 16.2 Å². The number of likely N-dealkylation sites (tertiary alicyclic amines) is 1. The minimum Gasteiger partial charge on any atom is -0.480 e. The minimum atomic E-state index is -0.926. The molecule has 0 radical (unpaired) electrons. The van der Waals surface area contributed by atoms with Crippen molar-refractivity contribution in [2.24, 2.45) is 0 Å². The van der Waals surface area contributed by atoms with Crippen LogP contribution in [-0.2, 0) is 4.79 Å². The molecule has 0 saturated carbocycles. The van der Waals surface area contributed by atoms with Crippen LogP contribution in [0.2, 0.25) is 0 Å². The van der Waals surface area contributed by atoms with Gasteiger partial charge in [0.05, 0.1) is 6.04 Å². The molecule has 1 saturated heterocycles. The van der Waals surface area contributed by atoms with Crippen LogP contribution in [-0.4, -0.2) is 39.6 Å². The van der Waals surface area contributed by atoms with Gasteiger partial charge in [-0.05, 0) is 26.7 Å². The molecule has 0 aromatic carbocycles. The van der Waals surface area contributed by atoms with Crippen molar-refractivity contribution in [1.29, 1.82) is 0 Å². The van der Waals surface area contributed by atoms with E-state index in [4.69, 9.17) is 0 Å².